The molecule has 0 aromatic heterocycles. The fraction of sp³-hybridized carbons (Fsp3) is 1.00. The van der Waals surface area contributed by atoms with E-state index in [1.807, 2.05) is 0 Å². The number of hydrogen-bond acceptors (Lipinski definition) is 4. The Morgan fingerprint density at radius 2 is 1.87 bits per heavy atom. The molecule has 0 atom stereocenters. The summed E-state index contributed by atoms with van der Waals surface area (Å²) in [5.74, 6) is 0. The van der Waals surface area contributed by atoms with Crippen molar-refractivity contribution in [1.82, 2.24) is 5.32 Å². The Hall–Kier alpha value is -0.130. The van der Waals surface area contributed by atoms with Crippen molar-refractivity contribution in [1.29, 1.82) is 0 Å². The Morgan fingerprint density at radius 3 is 2.33 bits per heavy atom. The second-order valence-electron chi connectivity index (χ2n) is 4.80. The third-order valence-corrected chi connectivity index (χ3v) is 5.19. The molecule has 1 heterocycles. The van der Waals surface area contributed by atoms with Gasteiger partial charge in [-0.25, -0.2) is 8.42 Å². The van der Waals surface area contributed by atoms with Crippen molar-refractivity contribution < 1.29 is 13.2 Å². The molecule has 0 saturated carbocycles. The summed E-state index contributed by atoms with van der Waals surface area (Å²) in [4.78, 5) is 0. The average Bonchev–Trinajstić information content (AvgIpc) is 2.15. The van der Waals surface area contributed by atoms with Gasteiger partial charge in [0.05, 0.1) is 4.75 Å². The van der Waals surface area contributed by atoms with E-state index in [1.54, 1.807) is 13.8 Å². The van der Waals surface area contributed by atoms with Crippen LogP contribution in [0.25, 0.3) is 0 Å². The van der Waals surface area contributed by atoms with Gasteiger partial charge in [0.15, 0.2) is 9.84 Å². The Morgan fingerprint density at radius 1 is 1.33 bits per heavy atom. The number of nitrogens with one attached hydrogen (secondary N) is 1. The van der Waals surface area contributed by atoms with E-state index in [0.29, 0.717) is 12.6 Å². The van der Waals surface area contributed by atoms with Gasteiger partial charge < -0.3 is 10.1 Å². The van der Waals surface area contributed by atoms with Crippen LogP contribution in [-0.2, 0) is 14.6 Å². The van der Waals surface area contributed by atoms with Crippen molar-refractivity contribution in [2.75, 3.05) is 26.0 Å². The molecule has 1 aliphatic rings. The number of ether oxygens (including phenoxy) is 1. The molecule has 1 N–H and O–H groups in total. The van der Waals surface area contributed by atoms with Gasteiger partial charge >= 0.3 is 0 Å². The van der Waals surface area contributed by atoms with E-state index in [1.165, 1.54) is 6.26 Å². The van der Waals surface area contributed by atoms with Crippen molar-refractivity contribution in [3.63, 3.8) is 0 Å². The topological polar surface area (TPSA) is 55.4 Å². The van der Waals surface area contributed by atoms with Crippen LogP contribution >= 0.6 is 0 Å². The maximum absolute atomic E-state index is 11.5. The lowest BCUT2D eigenvalue weighted by Gasteiger charge is -2.28. The number of hydrogen-bond donors (Lipinski definition) is 1. The monoisotopic (exact) mass is 235 g/mol. The molecule has 15 heavy (non-hydrogen) atoms. The maximum Gasteiger partial charge on any atom is 0.153 e. The second-order valence-corrected chi connectivity index (χ2v) is 7.45. The van der Waals surface area contributed by atoms with Gasteiger partial charge in [-0.05, 0) is 26.7 Å². The minimum Gasteiger partial charge on any atom is -0.381 e. The van der Waals surface area contributed by atoms with Gasteiger partial charge in [-0.15, -0.1) is 0 Å². The fourth-order valence-corrected chi connectivity index (χ4v) is 1.77. The SMILES string of the molecule is CC(C)(CNC1CCOCC1)S(C)(=O)=O. The lowest BCUT2D eigenvalue weighted by Crippen LogP contribution is -2.46. The van der Waals surface area contributed by atoms with Crippen LogP contribution in [0.3, 0.4) is 0 Å². The van der Waals surface area contributed by atoms with Crippen LogP contribution in [0.4, 0.5) is 0 Å². The van der Waals surface area contributed by atoms with Crippen molar-refractivity contribution in [2.24, 2.45) is 0 Å². The molecule has 1 fully saturated rings. The van der Waals surface area contributed by atoms with Crippen LogP contribution in [0, 0.1) is 0 Å². The molecule has 0 amide bonds. The Labute approximate surface area is 92.3 Å². The van der Waals surface area contributed by atoms with Crippen molar-refractivity contribution in [3.8, 4) is 0 Å². The molecule has 0 aromatic carbocycles. The van der Waals surface area contributed by atoms with E-state index in [2.05, 4.69) is 5.32 Å². The van der Waals surface area contributed by atoms with Gasteiger partial charge in [0, 0.05) is 32.1 Å². The smallest absolute Gasteiger partial charge is 0.153 e. The minimum absolute atomic E-state index is 0.403. The highest BCUT2D eigenvalue weighted by molar-refractivity contribution is 7.92. The molecule has 0 radical (unpaired) electrons. The summed E-state index contributed by atoms with van der Waals surface area (Å²) >= 11 is 0. The van der Waals surface area contributed by atoms with Crippen LogP contribution < -0.4 is 5.32 Å². The second kappa shape index (κ2) is 4.80. The maximum atomic E-state index is 11.5. The van der Waals surface area contributed by atoms with Crippen LogP contribution in [0.1, 0.15) is 26.7 Å². The minimum atomic E-state index is -3.00. The summed E-state index contributed by atoms with van der Waals surface area (Å²) in [6.07, 6.45) is 3.23. The highest BCUT2D eigenvalue weighted by Gasteiger charge is 2.30. The van der Waals surface area contributed by atoms with Crippen molar-refractivity contribution in [2.45, 2.75) is 37.5 Å². The zero-order chi connectivity index (χ0) is 11.5. The van der Waals surface area contributed by atoms with Gasteiger partial charge in [0.1, 0.15) is 0 Å². The molecule has 0 unspecified atom stereocenters. The third-order valence-electron chi connectivity index (χ3n) is 3.04. The van der Waals surface area contributed by atoms with E-state index < -0.39 is 14.6 Å². The summed E-state index contributed by atoms with van der Waals surface area (Å²) in [5, 5.41) is 3.31. The first kappa shape index (κ1) is 12.9. The predicted molar refractivity (Wildman–Crippen MR) is 60.8 cm³/mol. The van der Waals surface area contributed by atoms with Gasteiger partial charge in [0.25, 0.3) is 0 Å². The lowest BCUT2D eigenvalue weighted by molar-refractivity contribution is 0.0775. The highest BCUT2D eigenvalue weighted by atomic mass is 32.2. The normalized spacial score (nSPS) is 20.5. The van der Waals surface area contributed by atoms with E-state index in [-0.39, 0.29) is 0 Å². The standard InChI is InChI=1S/C10H21NO3S/c1-10(2,15(3,12)13)8-11-9-4-6-14-7-5-9/h9,11H,4-8H2,1-3H3. The first-order valence-electron chi connectivity index (χ1n) is 5.34. The van der Waals surface area contributed by atoms with Crippen LogP contribution in [0.15, 0.2) is 0 Å². The quantitative estimate of drug-likeness (QED) is 0.774. The molecule has 4 nitrogen and oxygen atoms in total. The first-order valence-corrected chi connectivity index (χ1v) is 7.23. The van der Waals surface area contributed by atoms with E-state index in [4.69, 9.17) is 4.74 Å². The molecule has 1 aliphatic heterocycles. The van der Waals surface area contributed by atoms with Crippen LogP contribution in [0.5, 0.6) is 0 Å². The molecule has 0 bridgehead atoms. The number of rotatable bonds is 4. The Balaban J connectivity index is 2.41. The fourth-order valence-electron chi connectivity index (χ4n) is 1.42. The summed E-state index contributed by atoms with van der Waals surface area (Å²) in [5.41, 5.74) is 0. The van der Waals surface area contributed by atoms with Crippen LogP contribution in [0.2, 0.25) is 0 Å². The van der Waals surface area contributed by atoms with Crippen molar-refractivity contribution in [3.05, 3.63) is 0 Å². The average molecular weight is 235 g/mol. The van der Waals surface area contributed by atoms with Gasteiger partial charge in [-0.1, -0.05) is 0 Å². The molecule has 0 aromatic rings. The molecule has 0 aliphatic carbocycles. The molecule has 90 valence electrons. The zero-order valence-corrected chi connectivity index (χ0v) is 10.6. The molecule has 5 heteroatoms. The molecular formula is C10H21NO3S. The van der Waals surface area contributed by atoms with E-state index in [9.17, 15) is 8.42 Å². The molecule has 0 spiro atoms. The number of sulfone groups is 1. The predicted octanol–water partition coefficient (Wildman–Crippen LogP) is 0.578. The Kier molecular flexibility index (Phi) is 4.14. The summed E-state index contributed by atoms with van der Waals surface area (Å²) in [6.45, 7) is 5.58. The van der Waals surface area contributed by atoms with E-state index in [0.717, 1.165) is 26.1 Å². The first-order chi connectivity index (χ1) is 6.83. The Bertz CT molecular complexity index is 292. The largest absolute Gasteiger partial charge is 0.381 e. The van der Waals surface area contributed by atoms with Gasteiger partial charge in [-0.2, -0.15) is 0 Å². The summed E-state index contributed by atoms with van der Waals surface area (Å²) in [6, 6.07) is 0.403. The lowest BCUT2D eigenvalue weighted by atomic mass is 10.1. The van der Waals surface area contributed by atoms with Gasteiger partial charge in [0.2, 0.25) is 0 Å². The van der Waals surface area contributed by atoms with Crippen LogP contribution in [-0.4, -0.2) is 45.2 Å². The molecule has 1 saturated heterocycles. The summed E-state index contributed by atoms with van der Waals surface area (Å²) < 4.78 is 27.5. The zero-order valence-electron chi connectivity index (χ0n) is 9.75. The van der Waals surface area contributed by atoms with Gasteiger partial charge in [-0.3, -0.25) is 0 Å². The molecule has 1 rings (SSSR count). The molecular weight excluding hydrogens is 214 g/mol. The van der Waals surface area contributed by atoms with Crippen molar-refractivity contribution >= 4 is 9.84 Å². The third kappa shape index (κ3) is 3.74. The summed E-state index contributed by atoms with van der Waals surface area (Å²) in [7, 11) is -3.00. The van der Waals surface area contributed by atoms with E-state index >= 15 is 0 Å². The highest BCUT2D eigenvalue weighted by Crippen LogP contribution is 2.15.